The van der Waals surface area contributed by atoms with Crippen molar-refractivity contribution in [2.24, 2.45) is 11.7 Å². The van der Waals surface area contributed by atoms with E-state index in [1.807, 2.05) is 0 Å². The molecule has 16 heavy (non-hydrogen) atoms. The van der Waals surface area contributed by atoms with E-state index >= 15 is 0 Å². The molecule has 0 amide bonds. The van der Waals surface area contributed by atoms with E-state index in [0.717, 1.165) is 19.3 Å². The second kappa shape index (κ2) is 6.55. The number of ether oxygens (including phenoxy) is 1. The number of hydrogen-bond donors (Lipinski definition) is 3. The number of methoxy groups -OCH3 is 1. The van der Waals surface area contributed by atoms with Crippen molar-refractivity contribution in [1.29, 1.82) is 0 Å². The van der Waals surface area contributed by atoms with Gasteiger partial charge in [0.05, 0.1) is 12.1 Å². The molecular weight excluding hydrogens is 204 g/mol. The van der Waals surface area contributed by atoms with E-state index in [4.69, 9.17) is 10.5 Å². The predicted octanol–water partition coefficient (Wildman–Crippen LogP) is 0.491. The maximum absolute atomic E-state index is 9.31. The van der Waals surface area contributed by atoms with Crippen LogP contribution in [0.25, 0.3) is 0 Å². The van der Waals surface area contributed by atoms with E-state index in [0.29, 0.717) is 25.1 Å². The van der Waals surface area contributed by atoms with Gasteiger partial charge in [-0.05, 0) is 25.2 Å². The van der Waals surface area contributed by atoms with Gasteiger partial charge in [0.15, 0.2) is 0 Å². The number of rotatable bonds is 7. The van der Waals surface area contributed by atoms with Crippen molar-refractivity contribution < 1.29 is 9.84 Å². The highest BCUT2D eigenvalue weighted by Gasteiger charge is 2.34. The summed E-state index contributed by atoms with van der Waals surface area (Å²) in [4.78, 5) is 0. The summed E-state index contributed by atoms with van der Waals surface area (Å²) in [5.74, 6) is 0.384. The first-order valence-electron chi connectivity index (χ1n) is 6.29. The molecule has 0 radical (unpaired) electrons. The summed E-state index contributed by atoms with van der Waals surface area (Å²) in [5.41, 5.74) is 5.74. The van der Waals surface area contributed by atoms with Crippen LogP contribution in [0, 0.1) is 5.92 Å². The van der Waals surface area contributed by atoms with Crippen LogP contribution in [-0.2, 0) is 4.74 Å². The molecule has 0 aliphatic heterocycles. The van der Waals surface area contributed by atoms with Gasteiger partial charge >= 0.3 is 0 Å². The molecular formula is C12H26N2O2. The van der Waals surface area contributed by atoms with Crippen LogP contribution in [0.4, 0.5) is 0 Å². The van der Waals surface area contributed by atoms with Crippen LogP contribution < -0.4 is 11.1 Å². The standard InChI is InChI=1S/C12H26N2O2/c1-3-12(8-13,9-16-2)14-11-6-4-5-10(11)7-15/h10-11,14-15H,3-9,13H2,1-2H3. The second-order valence-electron chi connectivity index (χ2n) is 4.90. The Labute approximate surface area is 98.5 Å². The highest BCUT2D eigenvalue weighted by molar-refractivity contribution is 4.94. The van der Waals surface area contributed by atoms with Crippen LogP contribution in [0.5, 0.6) is 0 Å². The molecule has 0 bridgehead atoms. The molecule has 1 rings (SSSR count). The highest BCUT2D eigenvalue weighted by Crippen LogP contribution is 2.27. The van der Waals surface area contributed by atoms with Crippen molar-refractivity contribution in [2.45, 2.75) is 44.2 Å². The fourth-order valence-corrected chi connectivity index (χ4v) is 2.62. The quantitative estimate of drug-likeness (QED) is 0.595. The van der Waals surface area contributed by atoms with E-state index in [1.54, 1.807) is 7.11 Å². The van der Waals surface area contributed by atoms with Crippen molar-refractivity contribution in [2.75, 3.05) is 26.9 Å². The van der Waals surface area contributed by atoms with E-state index < -0.39 is 0 Å². The Morgan fingerprint density at radius 2 is 2.25 bits per heavy atom. The molecule has 1 aliphatic rings. The third-order valence-electron chi connectivity index (χ3n) is 3.87. The molecule has 0 aromatic rings. The normalized spacial score (nSPS) is 29.2. The lowest BCUT2D eigenvalue weighted by atomic mass is 9.93. The topological polar surface area (TPSA) is 67.5 Å². The van der Waals surface area contributed by atoms with Crippen LogP contribution in [0.1, 0.15) is 32.6 Å². The molecule has 96 valence electrons. The minimum absolute atomic E-state index is 0.128. The van der Waals surface area contributed by atoms with E-state index in [2.05, 4.69) is 12.2 Å². The zero-order valence-corrected chi connectivity index (χ0v) is 10.5. The largest absolute Gasteiger partial charge is 0.396 e. The molecule has 0 aromatic carbocycles. The summed E-state index contributed by atoms with van der Waals surface area (Å²) in [5, 5.41) is 12.9. The average molecular weight is 230 g/mol. The number of nitrogens with one attached hydrogen (secondary N) is 1. The average Bonchev–Trinajstić information content (AvgIpc) is 2.75. The summed E-state index contributed by atoms with van der Waals surface area (Å²) in [7, 11) is 1.71. The van der Waals surface area contributed by atoms with Gasteiger partial charge in [0.25, 0.3) is 0 Å². The van der Waals surface area contributed by atoms with Crippen molar-refractivity contribution in [3.8, 4) is 0 Å². The molecule has 4 nitrogen and oxygen atoms in total. The van der Waals surface area contributed by atoms with Crippen LogP contribution >= 0.6 is 0 Å². The highest BCUT2D eigenvalue weighted by atomic mass is 16.5. The van der Waals surface area contributed by atoms with Crippen molar-refractivity contribution in [1.82, 2.24) is 5.32 Å². The Morgan fingerprint density at radius 3 is 2.75 bits per heavy atom. The van der Waals surface area contributed by atoms with Gasteiger partial charge in [-0.2, -0.15) is 0 Å². The molecule has 1 fully saturated rings. The summed E-state index contributed by atoms with van der Waals surface area (Å²) in [6.07, 6.45) is 4.40. The Bertz CT molecular complexity index is 195. The fraction of sp³-hybridized carbons (Fsp3) is 1.00. The minimum atomic E-state index is -0.128. The Hall–Kier alpha value is -0.160. The van der Waals surface area contributed by atoms with Crippen molar-refractivity contribution in [3.63, 3.8) is 0 Å². The molecule has 4 N–H and O–H groups in total. The Balaban J connectivity index is 2.59. The lowest BCUT2D eigenvalue weighted by Gasteiger charge is -2.36. The molecule has 1 aliphatic carbocycles. The maximum atomic E-state index is 9.31. The summed E-state index contributed by atoms with van der Waals surface area (Å²) < 4.78 is 5.26. The zero-order chi connectivity index (χ0) is 12.0. The minimum Gasteiger partial charge on any atom is -0.396 e. The molecule has 3 atom stereocenters. The van der Waals surface area contributed by atoms with Crippen LogP contribution in [0.2, 0.25) is 0 Å². The van der Waals surface area contributed by atoms with E-state index in [-0.39, 0.29) is 12.1 Å². The van der Waals surface area contributed by atoms with Crippen LogP contribution in [-0.4, -0.2) is 43.6 Å². The van der Waals surface area contributed by atoms with Gasteiger partial charge in [0, 0.05) is 26.3 Å². The van der Waals surface area contributed by atoms with Crippen molar-refractivity contribution in [3.05, 3.63) is 0 Å². The molecule has 4 heteroatoms. The molecule has 1 saturated carbocycles. The summed E-state index contributed by atoms with van der Waals surface area (Å²) >= 11 is 0. The summed E-state index contributed by atoms with van der Waals surface area (Å²) in [6, 6.07) is 0.392. The third-order valence-corrected chi connectivity index (χ3v) is 3.87. The van der Waals surface area contributed by atoms with Crippen molar-refractivity contribution >= 4 is 0 Å². The third kappa shape index (κ3) is 3.17. The monoisotopic (exact) mass is 230 g/mol. The number of nitrogens with two attached hydrogens (primary N) is 1. The predicted molar refractivity (Wildman–Crippen MR) is 65.3 cm³/mol. The number of aliphatic hydroxyl groups is 1. The van der Waals surface area contributed by atoms with Gasteiger partial charge in [0.1, 0.15) is 0 Å². The van der Waals surface area contributed by atoms with Crippen LogP contribution in [0.3, 0.4) is 0 Å². The van der Waals surface area contributed by atoms with Gasteiger partial charge in [0.2, 0.25) is 0 Å². The number of aliphatic hydroxyl groups excluding tert-OH is 1. The lowest BCUT2D eigenvalue weighted by Crippen LogP contribution is -2.58. The molecule has 0 saturated heterocycles. The smallest absolute Gasteiger partial charge is 0.0656 e. The van der Waals surface area contributed by atoms with E-state index in [9.17, 15) is 5.11 Å². The molecule has 0 aromatic heterocycles. The zero-order valence-electron chi connectivity index (χ0n) is 10.5. The Morgan fingerprint density at radius 1 is 1.50 bits per heavy atom. The summed E-state index contributed by atoms with van der Waals surface area (Å²) in [6.45, 7) is 3.61. The van der Waals surface area contributed by atoms with Crippen LogP contribution in [0.15, 0.2) is 0 Å². The van der Waals surface area contributed by atoms with Gasteiger partial charge in [-0.3, -0.25) is 0 Å². The fourth-order valence-electron chi connectivity index (χ4n) is 2.62. The first-order valence-corrected chi connectivity index (χ1v) is 6.29. The molecule has 3 unspecified atom stereocenters. The van der Waals surface area contributed by atoms with Gasteiger partial charge < -0.3 is 20.9 Å². The molecule has 0 heterocycles. The maximum Gasteiger partial charge on any atom is 0.0656 e. The van der Waals surface area contributed by atoms with Gasteiger partial charge in [-0.15, -0.1) is 0 Å². The lowest BCUT2D eigenvalue weighted by molar-refractivity contribution is 0.0897. The van der Waals surface area contributed by atoms with Gasteiger partial charge in [-0.25, -0.2) is 0 Å². The second-order valence-corrected chi connectivity index (χ2v) is 4.90. The number of hydrogen-bond acceptors (Lipinski definition) is 4. The SMILES string of the molecule is CCC(CN)(COC)NC1CCCC1CO. The van der Waals surface area contributed by atoms with E-state index in [1.165, 1.54) is 6.42 Å². The van der Waals surface area contributed by atoms with Gasteiger partial charge in [-0.1, -0.05) is 13.3 Å². The first kappa shape index (κ1) is 13.9. The molecule has 0 spiro atoms. The Kier molecular flexibility index (Phi) is 5.69. The first-order chi connectivity index (χ1) is 7.71.